The number of nitrogens with one attached hydrogen (secondary N) is 1. The molecule has 1 rings (SSSR count). The van der Waals surface area contributed by atoms with Crippen molar-refractivity contribution in [3.05, 3.63) is 28.7 Å². The lowest BCUT2D eigenvalue weighted by Gasteiger charge is -2.24. The molecular weight excluding hydrogens is 248 g/mol. The van der Waals surface area contributed by atoms with E-state index >= 15 is 0 Å². The first-order valence-corrected chi connectivity index (χ1v) is 5.75. The predicted octanol–water partition coefficient (Wildman–Crippen LogP) is -0.799. The van der Waals surface area contributed by atoms with Gasteiger partial charge in [0, 0.05) is 29.9 Å². The molecule has 0 spiro atoms. The van der Waals surface area contributed by atoms with Gasteiger partial charge in [-0.1, -0.05) is 0 Å². The molecule has 0 fully saturated rings. The van der Waals surface area contributed by atoms with E-state index in [-0.39, 0.29) is 24.4 Å². The lowest BCUT2D eigenvalue weighted by atomic mass is 10.0. The Morgan fingerprint density at radius 1 is 1.37 bits per heavy atom. The Morgan fingerprint density at radius 2 is 2.00 bits per heavy atom. The zero-order chi connectivity index (χ0) is 14.6. The van der Waals surface area contributed by atoms with Gasteiger partial charge < -0.3 is 21.4 Å². The highest BCUT2D eigenvalue weighted by atomic mass is 16.2. The number of aromatic nitrogens is 1. The second kappa shape index (κ2) is 5.55. The SMILES string of the molecule is CC(C)(CC(N)=O)NC(=O)Cn1cc(N)ccc1=O. The van der Waals surface area contributed by atoms with Crippen molar-refractivity contribution >= 4 is 17.5 Å². The molecule has 0 aliphatic rings. The third kappa shape index (κ3) is 4.82. The van der Waals surface area contributed by atoms with Crippen molar-refractivity contribution < 1.29 is 9.59 Å². The van der Waals surface area contributed by atoms with Crippen LogP contribution in [0.15, 0.2) is 23.1 Å². The zero-order valence-electron chi connectivity index (χ0n) is 11.0. The molecule has 0 aliphatic carbocycles. The average molecular weight is 266 g/mol. The van der Waals surface area contributed by atoms with Crippen LogP contribution in [0.2, 0.25) is 0 Å². The van der Waals surface area contributed by atoms with Gasteiger partial charge in [0.2, 0.25) is 11.8 Å². The largest absolute Gasteiger partial charge is 0.398 e. The van der Waals surface area contributed by atoms with Crippen LogP contribution in [-0.4, -0.2) is 21.9 Å². The van der Waals surface area contributed by atoms with E-state index in [0.29, 0.717) is 5.69 Å². The molecule has 1 heterocycles. The first-order chi connectivity index (χ1) is 8.69. The fraction of sp³-hybridized carbons (Fsp3) is 0.417. The van der Waals surface area contributed by atoms with E-state index in [1.54, 1.807) is 13.8 Å². The minimum Gasteiger partial charge on any atom is -0.398 e. The number of nitrogens with two attached hydrogens (primary N) is 2. The van der Waals surface area contributed by atoms with E-state index in [0.717, 1.165) is 0 Å². The standard InChI is InChI=1S/C12H18N4O3/c1-12(2,5-9(14)17)15-10(18)7-16-6-8(13)3-4-11(16)19/h3-4,6H,5,7,13H2,1-2H3,(H2,14,17)(H,15,18). The predicted molar refractivity (Wildman–Crippen MR) is 71.1 cm³/mol. The summed E-state index contributed by atoms with van der Waals surface area (Å²) in [5, 5.41) is 2.64. The number of nitrogens with zero attached hydrogens (tertiary/aromatic N) is 1. The summed E-state index contributed by atoms with van der Waals surface area (Å²) >= 11 is 0. The van der Waals surface area contributed by atoms with E-state index in [9.17, 15) is 14.4 Å². The average Bonchev–Trinajstić information content (AvgIpc) is 2.20. The number of amides is 2. The van der Waals surface area contributed by atoms with Crippen molar-refractivity contribution in [2.75, 3.05) is 5.73 Å². The molecule has 104 valence electrons. The minimum absolute atomic E-state index is 0.0184. The molecule has 19 heavy (non-hydrogen) atoms. The minimum atomic E-state index is -0.757. The van der Waals surface area contributed by atoms with E-state index in [1.807, 2.05) is 0 Å². The lowest BCUT2D eigenvalue weighted by Crippen LogP contribution is -2.47. The summed E-state index contributed by atoms with van der Waals surface area (Å²) in [5.41, 5.74) is 9.95. The Morgan fingerprint density at radius 3 is 2.58 bits per heavy atom. The van der Waals surface area contributed by atoms with Gasteiger partial charge in [0.05, 0.1) is 0 Å². The van der Waals surface area contributed by atoms with Crippen LogP contribution in [0.1, 0.15) is 20.3 Å². The second-order valence-corrected chi connectivity index (χ2v) is 5.00. The normalized spacial score (nSPS) is 11.1. The molecule has 0 bridgehead atoms. The van der Waals surface area contributed by atoms with Crippen molar-refractivity contribution in [2.24, 2.45) is 5.73 Å². The Balaban J connectivity index is 2.73. The molecule has 0 radical (unpaired) electrons. The number of pyridine rings is 1. The molecule has 1 aromatic heterocycles. The van der Waals surface area contributed by atoms with Gasteiger partial charge in [0.15, 0.2) is 0 Å². The summed E-state index contributed by atoms with van der Waals surface area (Å²) in [5.74, 6) is -0.898. The van der Waals surface area contributed by atoms with Gasteiger partial charge in [0.1, 0.15) is 6.54 Å². The van der Waals surface area contributed by atoms with E-state index in [2.05, 4.69) is 5.32 Å². The number of hydrogen-bond donors (Lipinski definition) is 3. The fourth-order valence-electron chi connectivity index (χ4n) is 1.72. The molecular formula is C12H18N4O3. The number of carbonyl (C=O) groups is 2. The van der Waals surface area contributed by atoms with Crippen molar-refractivity contribution in [3.8, 4) is 0 Å². The van der Waals surface area contributed by atoms with Gasteiger partial charge in [-0.05, 0) is 19.9 Å². The Hall–Kier alpha value is -2.31. The summed E-state index contributed by atoms with van der Waals surface area (Å²) in [6.45, 7) is 3.20. The Labute approximate surface area is 110 Å². The monoisotopic (exact) mass is 266 g/mol. The lowest BCUT2D eigenvalue weighted by molar-refractivity contribution is -0.124. The third-order valence-electron chi connectivity index (χ3n) is 2.41. The van der Waals surface area contributed by atoms with Crippen LogP contribution in [0.25, 0.3) is 0 Å². The zero-order valence-corrected chi connectivity index (χ0v) is 11.0. The first kappa shape index (κ1) is 14.7. The summed E-state index contributed by atoms with van der Waals surface area (Å²) in [7, 11) is 0. The molecule has 2 amide bonds. The quantitative estimate of drug-likeness (QED) is 0.646. The molecule has 7 heteroatoms. The molecule has 5 N–H and O–H groups in total. The first-order valence-electron chi connectivity index (χ1n) is 5.75. The van der Waals surface area contributed by atoms with Crippen molar-refractivity contribution in [1.29, 1.82) is 0 Å². The van der Waals surface area contributed by atoms with Gasteiger partial charge in [-0.2, -0.15) is 0 Å². The maximum atomic E-state index is 11.8. The molecule has 7 nitrogen and oxygen atoms in total. The summed E-state index contributed by atoms with van der Waals surface area (Å²) in [6.07, 6.45) is 1.41. The highest BCUT2D eigenvalue weighted by Gasteiger charge is 2.22. The fourth-order valence-corrected chi connectivity index (χ4v) is 1.72. The van der Waals surface area contributed by atoms with Gasteiger partial charge >= 0.3 is 0 Å². The van der Waals surface area contributed by atoms with Crippen LogP contribution in [-0.2, 0) is 16.1 Å². The smallest absolute Gasteiger partial charge is 0.251 e. The highest BCUT2D eigenvalue weighted by molar-refractivity contribution is 5.79. The van der Waals surface area contributed by atoms with Gasteiger partial charge in [-0.3, -0.25) is 14.4 Å². The van der Waals surface area contributed by atoms with Crippen LogP contribution in [0.5, 0.6) is 0 Å². The Bertz CT molecular complexity index is 548. The number of rotatable bonds is 5. The topological polar surface area (TPSA) is 120 Å². The number of primary amides is 1. The van der Waals surface area contributed by atoms with Crippen LogP contribution >= 0.6 is 0 Å². The van der Waals surface area contributed by atoms with Crippen LogP contribution < -0.4 is 22.3 Å². The van der Waals surface area contributed by atoms with Crippen molar-refractivity contribution in [2.45, 2.75) is 32.4 Å². The molecule has 0 atom stereocenters. The maximum absolute atomic E-state index is 11.8. The molecule has 0 saturated carbocycles. The second-order valence-electron chi connectivity index (χ2n) is 5.00. The number of nitrogen functional groups attached to an aromatic ring is 1. The van der Waals surface area contributed by atoms with Crippen molar-refractivity contribution in [3.63, 3.8) is 0 Å². The van der Waals surface area contributed by atoms with Gasteiger partial charge in [-0.15, -0.1) is 0 Å². The van der Waals surface area contributed by atoms with Gasteiger partial charge in [-0.25, -0.2) is 0 Å². The molecule has 0 saturated heterocycles. The summed E-state index contributed by atoms with van der Waals surface area (Å²) < 4.78 is 1.20. The Kier molecular flexibility index (Phi) is 4.31. The summed E-state index contributed by atoms with van der Waals surface area (Å²) in [4.78, 5) is 34.2. The molecule has 1 aromatic rings. The van der Waals surface area contributed by atoms with E-state index in [1.165, 1.54) is 22.9 Å². The summed E-state index contributed by atoms with van der Waals surface area (Å²) in [6, 6.07) is 2.75. The molecule has 0 aromatic carbocycles. The number of carbonyl (C=O) groups excluding carboxylic acids is 2. The number of hydrogen-bond acceptors (Lipinski definition) is 4. The van der Waals surface area contributed by atoms with Crippen LogP contribution in [0.4, 0.5) is 5.69 Å². The molecule has 0 unspecified atom stereocenters. The van der Waals surface area contributed by atoms with E-state index < -0.39 is 11.4 Å². The van der Waals surface area contributed by atoms with Crippen LogP contribution in [0.3, 0.4) is 0 Å². The van der Waals surface area contributed by atoms with Gasteiger partial charge in [0.25, 0.3) is 5.56 Å². The molecule has 0 aliphatic heterocycles. The third-order valence-corrected chi connectivity index (χ3v) is 2.41. The van der Waals surface area contributed by atoms with Crippen molar-refractivity contribution in [1.82, 2.24) is 9.88 Å². The highest BCUT2D eigenvalue weighted by Crippen LogP contribution is 2.07. The van der Waals surface area contributed by atoms with E-state index in [4.69, 9.17) is 11.5 Å². The number of anilines is 1. The maximum Gasteiger partial charge on any atom is 0.251 e. The van der Waals surface area contributed by atoms with Crippen LogP contribution in [0, 0.1) is 0 Å².